The van der Waals surface area contributed by atoms with Crippen molar-refractivity contribution in [2.24, 2.45) is 11.8 Å². The molecule has 3 heteroatoms. The molecule has 0 radical (unpaired) electrons. The van der Waals surface area contributed by atoms with Crippen molar-refractivity contribution in [1.82, 2.24) is 15.1 Å². The molecule has 2 aliphatic rings. The molecule has 88 valence electrons. The Labute approximate surface area is 97.2 Å². The number of hydrogen-bond donors (Lipinski definition) is 1. The summed E-state index contributed by atoms with van der Waals surface area (Å²) >= 11 is 0. The van der Waals surface area contributed by atoms with Crippen LogP contribution in [0, 0.1) is 11.8 Å². The van der Waals surface area contributed by atoms with Gasteiger partial charge in [0.1, 0.15) is 0 Å². The van der Waals surface area contributed by atoms with Crippen molar-refractivity contribution in [2.75, 3.05) is 19.6 Å². The maximum atomic E-state index is 4.03. The minimum Gasteiger partial charge on any atom is -0.302 e. The third-order valence-corrected chi connectivity index (χ3v) is 4.42. The molecule has 1 aromatic rings. The van der Waals surface area contributed by atoms with Crippen molar-refractivity contribution >= 4 is 0 Å². The first kappa shape index (κ1) is 10.3. The number of H-pyrrole nitrogens is 1. The molecule has 0 spiro atoms. The summed E-state index contributed by atoms with van der Waals surface area (Å²) in [5.74, 6) is 2.63. The molecule has 1 aliphatic carbocycles. The van der Waals surface area contributed by atoms with Crippen molar-refractivity contribution in [1.29, 1.82) is 0 Å². The van der Waals surface area contributed by atoms with Crippen LogP contribution in [0.3, 0.4) is 0 Å². The number of likely N-dealkylation sites (tertiary alicyclic amines) is 1. The van der Waals surface area contributed by atoms with Crippen LogP contribution in [0.5, 0.6) is 0 Å². The molecule has 1 saturated carbocycles. The summed E-state index contributed by atoms with van der Waals surface area (Å²) < 4.78 is 0. The number of rotatable bonds is 3. The molecule has 2 heterocycles. The highest BCUT2D eigenvalue weighted by Gasteiger charge is 2.36. The molecular formula is C13H21N3. The SMILES string of the molecule is CC(CN1CC2CCCC2C1)c1cn[nH]c1. The molecule has 0 amide bonds. The average Bonchev–Trinajstić information content (AvgIpc) is 2.91. The number of nitrogens with zero attached hydrogens (tertiary/aromatic N) is 2. The van der Waals surface area contributed by atoms with Crippen LogP contribution in [-0.4, -0.2) is 34.7 Å². The maximum absolute atomic E-state index is 4.03. The molecule has 2 fully saturated rings. The molecular weight excluding hydrogens is 198 g/mol. The maximum Gasteiger partial charge on any atom is 0.0522 e. The van der Waals surface area contributed by atoms with Gasteiger partial charge in [-0.2, -0.15) is 5.10 Å². The lowest BCUT2D eigenvalue weighted by atomic mass is 10.0. The van der Waals surface area contributed by atoms with Gasteiger partial charge in [-0.05, 0) is 36.2 Å². The summed E-state index contributed by atoms with van der Waals surface area (Å²) in [7, 11) is 0. The predicted octanol–water partition coefficient (Wildman–Crippen LogP) is 2.25. The largest absolute Gasteiger partial charge is 0.302 e. The third kappa shape index (κ3) is 1.88. The molecule has 0 aromatic carbocycles. The quantitative estimate of drug-likeness (QED) is 0.845. The standard InChI is InChI=1S/C13H21N3/c1-10(13-5-14-15-6-13)7-16-8-11-3-2-4-12(11)9-16/h5-6,10-12H,2-4,7-9H2,1H3,(H,14,15). The smallest absolute Gasteiger partial charge is 0.0522 e. The van der Waals surface area contributed by atoms with Gasteiger partial charge in [-0.25, -0.2) is 0 Å². The number of nitrogens with one attached hydrogen (secondary N) is 1. The number of hydrogen-bond acceptors (Lipinski definition) is 2. The Kier molecular flexibility index (Phi) is 2.72. The zero-order valence-electron chi connectivity index (χ0n) is 10.0. The zero-order chi connectivity index (χ0) is 11.0. The molecule has 1 aliphatic heterocycles. The van der Waals surface area contributed by atoms with Crippen molar-refractivity contribution < 1.29 is 0 Å². The van der Waals surface area contributed by atoms with Crippen LogP contribution in [0.1, 0.15) is 37.7 Å². The van der Waals surface area contributed by atoms with Crippen LogP contribution < -0.4 is 0 Å². The molecule has 3 unspecified atom stereocenters. The third-order valence-electron chi connectivity index (χ3n) is 4.42. The van der Waals surface area contributed by atoms with Gasteiger partial charge in [0, 0.05) is 25.8 Å². The highest BCUT2D eigenvalue weighted by Crippen LogP contribution is 2.38. The second-order valence-electron chi connectivity index (χ2n) is 5.60. The van der Waals surface area contributed by atoms with E-state index in [1.165, 1.54) is 44.5 Å². The van der Waals surface area contributed by atoms with Crippen molar-refractivity contribution in [2.45, 2.75) is 32.1 Å². The predicted molar refractivity (Wildman–Crippen MR) is 64.3 cm³/mol. The Bertz CT molecular complexity index is 321. The van der Waals surface area contributed by atoms with E-state index < -0.39 is 0 Å². The van der Waals surface area contributed by atoms with Crippen molar-refractivity contribution in [3.05, 3.63) is 18.0 Å². The Hall–Kier alpha value is -0.830. The van der Waals surface area contributed by atoms with E-state index in [0.29, 0.717) is 5.92 Å². The second-order valence-corrected chi connectivity index (χ2v) is 5.60. The van der Waals surface area contributed by atoms with Gasteiger partial charge in [-0.3, -0.25) is 5.10 Å². The molecule has 3 nitrogen and oxygen atoms in total. The first-order valence-electron chi connectivity index (χ1n) is 6.54. The van der Waals surface area contributed by atoms with Crippen LogP contribution in [0.15, 0.2) is 12.4 Å². The summed E-state index contributed by atoms with van der Waals surface area (Å²) in [4.78, 5) is 2.66. The number of aromatic nitrogens is 2. The van der Waals surface area contributed by atoms with Crippen molar-refractivity contribution in [3.8, 4) is 0 Å². The zero-order valence-corrected chi connectivity index (χ0v) is 10.0. The molecule has 16 heavy (non-hydrogen) atoms. The Morgan fingerprint density at radius 2 is 2.19 bits per heavy atom. The highest BCUT2D eigenvalue weighted by molar-refractivity contribution is 5.10. The van der Waals surface area contributed by atoms with Crippen LogP contribution in [0.4, 0.5) is 0 Å². The Balaban J connectivity index is 1.56. The van der Waals surface area contributed by atoms with Gasteiger partial charge in [-0.1, -0.05) is 13.3 Å². The number of aromatic amines is 1. The molecule has 0 bridgehead atoms. The van der Waals surface area contributed by atoms with Crippen LogP contribution >= 0.6 is 0 Å². The van der Waals surface area contributed by atoms with Crippen LogP contribution in [-0.2, 0) is 0 Å². The van der Waals surface area contributed by atoms with Crippen molar-refractivity contribution in [3.63, 3.8) is 0 Å². The fourth-order valence-electron chi connectivity index (χ4n) is 3.50. The summed E-state index contributed by atoms with van der Waals surface area (Å²) in [6, 6.07) is 0. The fourth-order valence-corrected chi connectivity index (χ4v) is 3.50. The summed E-state index contributed by atoms with van der Waals surface area (Å²) in [5, 5.41) is 6.94. The van der Waals surface area contributed by atoms with E-state index in [2.05, 4.69) is 22.0 Å². The minimum absolute atomic E-state index is 0.609. The molecule has 3 atom stereocenters. The normalized spacial score (nSPS) is 31.8. The van der Waals surface area contributed by atoms with Gasteiger partial charge in [0.2, 0.25) is 0 Å². The van der Waals surface area contributed by atoms with E-state index in [1.807, 2.05) is 12.4 Å². The van der Waals surface area contributed by atoms with E-state index in [4.69, 9.17) is 0 Å². The van der Waals surface area contributed by atoms with Gasteiger partial charge in [0.15, 0.2) is 0 Å². The van der Waals surface area contributed by atoms with Crippen LogP contribution in [0.25, 0.3) is 0 Å². The number of fused-ring (bicyclic) bond motifs is 1. The highest BCUT2D eigenvalue weighted by atomic mass is 15.2. The average molecular weight is 219 g/mol. The molecule has 1 N–H and O–H groups in total. The molecule has 1 saturated heterocycles. The van der Waals surface area contributed by atoms with E-state index in [9.17, 15) is 0 Å². The van der Waals surface area contributed by atoms with Gasteiger partial charge in [-0.15, -0.1) is 0 Å². The summed E-state index contributed by atoms with van der Waals surface area (Å²) in [6.45, 7) is 6.19. The second kappa shape index (κ2) is 4.21. The van der Waals surface area contributed by atoms with E-state index in [1.54, 1.807) is 0 Å². The van der Waals surface area contributed by atoms with E-state index >= 15 is 0 Å². The topological polar surface area (TPSA) is 31.9 Å². The first-order chi connectivity index (χ1) is 7.83. The van der Waals surface area contributed by atoms with Gasteiger partial charge < -0.3 is 4.90 Å². The lowest BCUT2D eigenvalue weighted by Gasteiger charge is -2.20. The first-order valence-corrected chi connectivity index (χ1v) is 6.54. The lowest BCUT2D eigenvalue weighted by Crippen LogP contribution is -2.26. The monoisotopic (exact) mass is 219 g/mol. The van der Waals surface area contributed by atoms with E-state index in [0.717, 1.165) is 11.8 Å². The minimum atomic E-state index is 0.609. The Morgan fingerprint density at radius 3 is 2.81 bits per heavy atom. The summed E-state index contributed by atoms with van der Waals surface area (Å²) in [5.41, 5.74) is 1.34. The van der Waals surface area contributed by atoms with E-state index in [-0.39, 0.29) is 0 Å². The Morgan fingerprint density at radius 1 is 1.44 bits per heavy atom. The summed E-state index contributed by atoms with van der Waals surface area (Å²) in [6.07, 6.45) is 8.41. The molecule has 3 rings (SSSR count). The lowest BCUT2D eigenvalue weighted by molar-refractivity contribution is 0.296. The van der Waals surface area contributed by atoms with Crippen LogP contribution in [0.2, 0.25) is 0 Å². The van der Waals surface area contributed by atoms with Gasteiger partial charge in [0.05, 0.1) is 6.20 Å². The fraction of sp³-hybridized carbons (Fsp3) is 0.769. The van der Waals surface area contributed by atoms with Gasteiger partial charge >= 0.3 is 0 Å². The molecule has 1 aromatic heterocycles. The van der Waals surface area contributed by atoms with Gasteiger partial charge in [0.25, 0.3) is 0 Å².